The topological polar surface area (TPSA) is 110 Å². The van der Waals surface area contributed by atoms with Gasteiger partial charge in [-0.3, -0.25) is 14.9 Å². The molecule has 0 heterocycles. The number of hydrogen-bond acceptors (Lipinski definition) is 5. The van der Waals surface area contributed by atoms with Crippen molar-refractivity contribution in [2.45, 2.75) is 39.2 Å². The predicted octanol–water partition coefficient (Wildman–Crippen LogP) is 2.70. The van der Waals surface area contributed by atoms with Gasteiger partial charge in [0, 0.05) is 37.3 Å². The normalized spacial score (nSPS) is 12.9. The first-order valence-electron chi connectivity index (χ1n) is 7.78. The third-order valence-electron chi connectivity index (χ3n) is 4.11. The van der Waals surface area contributed by atoms with E-state index in [2.05, 4.69) is 10.6 Å². The number of rotatable bonds is 9. The van der Waals surface area contributed by atoms with Crippen LogP contribution < -0.4 is 16.4 Å². The molecule has 24 heavy (non-hydrogen) atoms. The third-order valence-corrected chi connectivity index (χ3v) is 4.11. The Hall–Kier alpha value is -1.86. The first kappa shape index (κ1) is 22.1. The summed E-state index contributed by atoms with van der Waals surface area (Å²) in [4.78, 5) is 22.1. The Bertz CT molecular complexity index is 537. The molecule has 1 aromatic carbocycles. The molecular weight excluding hydrogens is 332 g/mol. The zero-order chi connectivity index (χ0) is 17.5. The zero-order valence-electron chi connectivity index (χ0n) is 14.4. The molecule has 1 amide bonds. The van der Waals surface area contributed by atoms with Gasteiger partial charge in [-0.15, -0.1) is 12.4 Å². The summed E-state index contributed by atoms with van der Waals surface area (Å²) in [7, 11) is 0. The summed E-state index contributed by atoms with van der Waals surface area (Å²) in [6.07, 6.45) is 1.07. The van der Waals surface area contributed by atoms with Gasteiger partial charge in [-0.2, -0.15) is 0 Å². The molecule has 0 saturated heterocycles. The zero-order valence-corrected chi connectivity index (χ0v) is 15.2. The molecule has 0 aliphatic heterocycles. The van der Waals surface area contributed by atoms with Crippen molar-refractivity contribution in [2.75, 3.05) is 18.4 Å². The van der Waals surface area contributed by atoms with Crippen molar-refractivity contribution in [1.29, 1.82) is 0 Å². The Kier molecular flexibility index (Phi) is 9.32. The molecule has 1 atom stereocenters. The van der Waals surface area contributed by atoms with Crippen LogP contribution in [-0.4, -0.2) is 29.5 Å². The van der Waals surface area contributed by atoms with Crippen LogP contribution in [0.2, 0.25) is 0 Å². The molecule has 0 aliphatic carbocycles. The highest BCUT2D eigenvalue weighted by Gasteiger charge is 2.28. The Morgan fingerprint density at radius 3 is 2.38 bits per heavy atom. The summed E-state index contributed by atoms with van der Waals surface area (Å²) in [6, 6.07) is 6.21. The number of amides is 1. The average Bonchev–Trinajstić information content (AvgIpc) is 2.51. The molecule has 0 spiro atoms. The monoisotopic (exact) mass is 358 g/mol. The number of benzene rings is 1. The lowest BCUT2D eigenvalue weighted by Gasteiger charge is -2.33. The summed E-state index contributed by atoms with van der Waals surface area (Å²) in [5.41, 5.74) is 6.22. The lowest BCUT2D eigenvalue weighted by atomic mass is 9.88. The van der Waals surface area contributed by atoms with Crippen molar-refractivity contribution in [3.63, 3.8) is 0 Å². The number of nitro groups is 1. The molecular formula is C16H27ClN4O3. The summed E-state index contributed by atoms with van der Waals surface area (Å²) in [6.45, 7) is 7.03. The minimum Gasteiger partial charge on any atom is -0.385 e. The first-order valence-corrected chi connectivity index (χ1v) is 7.78. The summed E-state index contributed by atoms with van der Waals surface area (Å²) in [5.74, 6) is 0.242. The smallest absolute Gasteiger partial charge is 0.269 e. The fraction of sp³-hybridized carbons (Fsp3) is 0.562. The number of halogens is 1. The van der Waals surface area contributed by atoms with Crippen LogP contribution >= 0.6 is 12.4 Å². The number of nitro benzene ring substituents is 1. The molecule has 0 fully saturated rings. The molecule has 1 rings (SSSR count). The second kappa shape index (κ2) is 10.1. The van der Waals surface area contributed by atoms with Gasteiger partial charge in [0.05, 0.1) is 10.5 Å². The van der Waals surface area contributed by atoms with Crippen molar-refractivity contribution in [3.8, 4) is 0 Å². The number of hydrogen-bond donors (Lipinski definition) is 3. The van der Waals surface area contributed by atoms with Gasteiger partial charge >= 0.3 is 0 Å². The second-order valence-corrected chi connectivity index (χ2v) is 6.16. The molecule has 0 bridgehead atoms. The second-order valence-electron chi connectivity index (χ2n) is 6.16. The van der Waals surface area contributed by atoms with Crippen LogP contribution in [0.5, 0.6) is 0 Å². The molecule has 1 aromatic rings. The van der Waals surface area contributed by atoms with E-state index in [0.717, 1.165) is 5.69 Å². The van der Waals surface area contributed by atoms with Crippen molar-refractivity contribution in [3.05, 3.63) is 34.4 Å². The molecule has 0 saturated carbocycles. The number of nitrogens with zero attached hydrogens (tertiary/aromatic N) is 1. The maximum atomic E-state index is 12.0. The van der Waals surface area contributed by atoms with E-state index in [4.69, 9.17) is 5.73 Å². The Morgan fingerprint density at radius 2 is 1.92 bits per heavy atom. The number of anilines is 1. The number of non-ortho nitro benzene ring substituents is 1. The van der Waals surface area contributed by atoms with Gasteiger partial charge in [-0.1, -0.05) is 13.8 Å². The van der Waals surface area contributed by atoms with Crippen molar-refractivity contribution in [2.24, 2.45) is 11.7 Å². The van der Waals surface area contributed by atoms with Crippen LogP contribution in [0.15, 0.2) is 24.3 Å². The summed E-state index contributed by atoms with van der Waals surface area (Å²) < 4.78 is 0. The standard InChI is InChI=1S/C16H26N4O3.ClH/c1-12(2)16(3,11-17)19-15(21)5-4-10-18-13-6-8-14(9-7-13)20(22)23;/h6-9,12,18H,4-5,10-11,17H2,1-3H3,(H,19,21);1H. The summed E-state index contributed by atoms with van der Waals surface area (Å²) in [5, 5.41) is 16.7. The van der Waals surface area contributed by atoms with Crippen LogP contribution in [0.25, 0.3) is 0 Å². The van der Waals surface area contributed by atoms with Crippen molar-refractivity contribution in [1.82, 2.24) is 5.32 Å². The van der Waals surface area contributed by atoms with Gasteiger partial charge in [0.1, 0.15) is 0 Å². The fourth-order valence-electron chi connectivity index (χ4n) is 1.99. The van der Waals surface area contributed by atoms with Crippen LogP contribution in [0.3, 0.4) is 0 Å². The van der Waals surface area contributed by atoms with Crippen LogP contribution in [0.1, 0.15) is 33.6 Å². The van der Waals surface area contributed by atoms with Gasteiger partial charge < -0.3 is 16.4 Å². The number of carbonyl (C=O) groups is 1. The van der Waals surface area contributed by atoms with Gasteiger partial charge in [-0.05, 0) is 31.4 Å². The maximum absolute atomic E-state index is 12.0. The Morgan fingerprint density at radius 1 is 1.33 bits per heavy atom. The van der Waals surface area contributed by atoms with Crippen molar-refractivity contribution < 1.29 is 9.72 Å². The molecule has 7 nitrogen and oxygen atoms in total. The molecule has 0 aliphatic rings. The molecule has 136 valence electrons. The van der Waals surface area contributed by atoms with E-state index in [9.17, 15) is 14.9 Å². The molecule has 4 N–H and O–H groups in total. The van der Waals surface area contributed by atoms with Gasteiger partial charge in [-0.25, -0.2) is 0 Å². The van der Waals surface area contributed by atoms with Crippen molar-refractivity contribution >= 4 is 29.7 Å². The van der Waals surface area contributed by atoms with E-state index in [1.165, 1.54) is 12.1 Å². The van der Waals surface area contributed by atoms with Crippen LogP contribution in [-0.2, 0) is 4.79 Å². The highest BCUT2D eigenvalue weighted by atomic mass is 35.5. The molecule has 8 heteroatoms. The minimum atomic E-state index is -0.433. The van der Waals surface area contributed by atoms with E-state index in [1.807, 2.05) is 20.8 Å². The molecule has 1 unspecified atom stereocenters. The van der Waals surface area contributed by atoms with E-state index in [0.29, 0.717) is 25.9 Å². The van der Waals surface area contributed by atoms with E-state index in [1.54, 1.807) is 12.1 Å². The minimum absolute atomic E-state index is 0. The highest BCUT2D eigenvalue weighted by molar-refractivity contribution is 5.85. The quantitative estimate of drug-likeness (QED) is 0.357. The Balaban J connectivity index is 0.00000529. The SMILES string of the molecule is CC(C)C(C)(CN)NC(=O)CCCNc1ccc([N+](=O)[O-])cc1.Cl. The number of nitrogens with two attached hydrogens (primary N) is 1. The maximum Gasteiger partial charge on any atom is 0.269 e. The van der Waals surface area contributed by atoms with Gasteiger partial charge in [0.15, 0.2) is 0 Å². The lowest BCUT2D eigenvalue weighted by molar-refractivity contribution is -0.384. The summed E-state index contributed by atoms with van der Waals surface area (Å²) >= 11 is 0. The van der Waals surface area contributed by atoms with E-state index < -0.39 is 4.92 Å². The third kappa shape index (κ3) is 6.72. The average molecular weight is 359 g/mol. The fourth-order valence-corrected chi connectivity index (χ4v) is 1.99. The molecule has 0 radical (unpaired) electrons. The molecule has 0 aromatic heterocycles. The lowest BCUT2D eigenvalue weighted by Crippen LogP contribution is -2.55. The van der Waals surface area contributed by atoms with E-state index >= 15 is 0 Å². The Labute approximate surface area is 148 Å². The van der Waals surface area contributed by atoms with Crippen LogP contribution in [0, 0.1) is 16.0 Å². The van der Waals surface area contributed by atoms with Gasteiger partial charge in [0.25, 0.3) is 5.69 Å². The number of nitrogens with one attached hydrogen (secondary N) is 2. The number of carbonyl (C=O) groups excluding carboxylic acids is 1. The first-order chi connectivity index (χ1) is 10.8. The van der Waals surface area contributed by atoms with Crippen LogP contribution in [0.4, 0.5) is 11.4 Å². The van der Waals surface area contributed by atoms with Gasteiger partial charge in [0.2, 0.25) is 5.91 Å². The predicted molar refractivity (Wildman–Crippen MR) is 98.5 cm³/mol. The van der Waals surface area contributed by atoms with E-state index in [-0.39, 0.29) is 35.5 Å². The largest absolute Gasteiger partial charge is 0.385 e. The highest BCUT2D eigenvalue weighted by Crippen LogP contribution is 2.16.